The van der Waals surface area contributed by atoms with Gasteiger partial charge in [-0.3, -0.25) is 9.59 Å². The maximum Gasteiger partial charge on any atom is 0.241 e. The molecule has 2 rings (SSSR count). The summed E-state index contributed by atoms with van der Waals surface area (Å²) in [6.07, 6.45) is 0.816. The van der Waals surface area contributed by atoms with Gasteiger partial charge in [0.25, 0.3) is 0 Å². The van der Waals surface area contributed by atoms with Crippen LogP contribution in [0.2, 0.25) is 0 Å². The van der Waals surface area contributed by atoms with Crippen molar-refractivity contribution >= 4 is 11.8 Å². The summed E-state index contributed by atoms with van der Waals surface area (Å²) < 4.78 is 5.19. The van der Waals surface area contributed by atoms with E-state index >= 15 is 0 Å². The first-order valence-electron chi connectivity index (χ1n) is 5.95. The highest BCUT2D eigenvalue weighted by Crippen LogP contribution is 2.16. The van der Waals surface area contributed by atoms with Crippen molar-refractivity contribution in [3.05, 3.63) is 0 Å². The molecule has 2 aliphatic rings. The normalized spacial score (nSPS) is 30.6. The van der Waals surface area contributed by atoms with Gasteiger partial charge in [-0.1, -0.05) is 0 Å². The summed E-state index contributed by atoms with van der Waals surface area (Å²) in [5, 5.41) is 0. The van der Waals surface area contributed by atoms with Gasteiger partial charge in [0.05, 0.1) is 25.7 Å². The van der Waals surface area contributed by atoms with Crippen molar-refractivity contribution in [2.45, 2.75) is 12.5 Å². The monoisotopic (exact) mass is 241 g/mol. The summed E-state index contributed by atoms with van der Waals surface area (Å²) in [5.41, 5.74) is 5.82. The summed E-state index contributed by atoms with van der Waals surface area (Å²) in [5.74, 6) is -0.340. The Morgan fingerprint density at radius 3 is 2.82 bits per heavy atom. The number of carbonyl (C=O) groups is 2. The smallest absolute Gasteiger partial charge is 0.241 e. The number of hydrogen-bond acceptors (Lipinski definition) is 4. The SMILES string of the molecule is CN1CCCN(C(=O)C2COCC2N)CC1=O. The first-order valence-corrected chi connectivity index (χ1v) is 5.95. The van der Waals surface area contributed by atoms with Gasteiger partial charge in [0.1, 0.15) is 0 Å². The second-order valence-electron chi connectivity index (χ2n) is 4.74. The lowest BCUT2D eigenvalue weighted by Gasteiger charge is -2.24. The van der Waals surface area contributed by atoms with Crippen LogP contribution in [0.3, 0.4) is 0 Å². The molecule has 0 radical (unpaired) electrons. The zero-order valence-corrected chi connectivity index (χ0v) is 10.1. The molecule has 0 aliphatic carbocycles. The lowest BCUT2D eigenvalue weighted by Crippen LogP contribution is -2.46. The van der Waals surface area contributed by atoms with Gasteiger partial charge in [0.15, 0.2) is 0 Å². The maximum absolute atomic E-state index is 12.2. The fourth-order valence-electron chi connectivity index (χ4n) is 2.23. The van der Waals surface area contributed by atoms with Gasteiger partial charge in [0, 0.05) is 26.2 Å². The summed E-state index contributed by atoms with van der Waals surface area (Å²) in [4.78, 5) is 27.2. The molecule has 0 spiro atoms. The average Bonchev–Trinajstić information content (AvgIpc) is 2.65. The fourth-order valence-corrected chi connectivity index (χ4v) is 2.23. The van der Waals surface area contributed by atoms with Crippen LogP contribution < -0.4 is 5.73 Å². The largest absolute Gasteiger partial charge is 0.379 e. The first kappa shape index (κ1) is 12.3. The second-order valence-corrected chi connectivity index (χ2v) is 4.74. The van der Waals surface area contributed by atoms with Crippen LogP contribution >= 0.6 is 0 Å². The first-order chi connectivity index (χ1) is 8.09. The number of likely N-dealkylation sites (N-methyl/N-ethyl adjacent to an activating group) is 1. The minimum atomic E-state index is -0.286. The number of ether oxygens (including phenoxy) is 1. The Bertz CT molecular complexity index is 321. The molecule has 2 saturated heterocycles. The Labute approximate surface area is 101 Å². The molecule has 0 aromatic rings. The summed E-state index contributed by atoms with van der Waals surface area (Å²) in [7, 11) is 1.76. The lowest BCUT2D eigenvalue weighted by atomic mass is 10.0. The van der Waals surface area contributed by atoms with Crippen LogP contribution in [0.5, 0.6) is 0 Å². The maximum atomic E-state index is 12.2. The standard InChI is InChI=1S/C11H19N3O3/c1-13-3-2-4-14(5-10(13)15)11(16)8-6-17-7-9(8)12/h8-9H,2-7,12H2,1H3. The average molecular weight is 241 g/mol. The molecule has 2 fully saturated rings. The van der Waals surface area contributed by atoms with Gasteiger partial charge < -0.3 is 20.3 Å². The third kappa shape index (κ3) is 2.58. The molecule has 0 saturated carbocycles. The quantitative estimate of drug-likeness (QED) is 0.616. The van der Waals surface area contributed by atoms with Crippen molar-refractivity contribution in [3.8, 4) is 0 Å². The van der Waals surface area contributed by atoms with Crippen LogP contribution in [-0.2, 0) is 14.3 Å². The van der Waals surface area contributed by atoms with Crippen molar-refractivity contribution in [1.82, 2.24) is 9.80 Å². The van der Waals surface area contributed by atoms with Crippen LogP contribution in [0, 0.1) is 5.92 Å². The topological polar surface area (TPSA) is 75.9 Å². The van der Waals surface area contributed by atoms with Crippen LogP contribution in [-0.4, -0.2) is 67.6 Å². The summed E-state index contributed by atoms with van der Waals surface area (Å²) in [6, 6.07) is -0.237. The van der Waals surface area contributed by atoms with E-state index in [1.165, 1.54) is 0 Å². The number of nitrogens with zero attached hydrogens (tertiary/aromatic N) is 2. The summed E-state index contributed by atoms with van der Waals surface area (Å²) >= 11 is 0. The van der Waals surface area contributed by atoms with E-state index in [4.69, 9.17) is 10.5 Å². The van der Waals surface area contributed by atoms with Gasteiger partial charge in [-0.15, -0.1) is 0 Å². The second kappa shape index (κ2) is 5.01. The predicted octanol–water partition coefficient (Wildman–Crippen LogP) is -1.35. The predicted molar refractivity (Wildman–Crippen MR) is 61.1 cm³/mol. The molecule has 96 valence electrons. The molecule has 0 aromatic heterocycles. The van der Waals surface area contributed by atoms with Crippen LogP contribution in [0.25, 0.3) is 0 Å². The molecule has 2 aliphatic heterocycles. The van der Waals surface area contributed by atoms with Crippen molar-refractivity contribution < 1.29 is 14.3 Å². The molecule has 2 N–H and O–H groups in total. The van der Waals surface area contributed by atoms with Gasteiger partial charge in [-0.05, 0) is 6.42 Å². The molecule has 2 amide bonds. The van der Waals surface area contributed by atoms with E-state index in [1.54, 1.807) is 16.8 Å². The van der Waals surface area contributed by atoms with E-state index in [0.717, 1.165) is 6.42 Å². The molecule has 2 heterocycles. The molecule has 2 atom stereocenters. The molecule has 6 nitrogen and oxygen atoms in total. The minimum Gasteiger partial charge on any atom is -0.379 e. The molecule has 6 heteroatoms. The Kier molecular flexibility index (Phi) is 3.63. The number of carbonyl (C=O) groups excluding carboxylic acids is 2. The molecule has 0 aromatic carbocycles. The molecule has 0 bridgehead atoms. The number of rotatable bonds is 1. The zero-order valence-electron chi connectivity index (χ0n) is 10.1. The Morgan fingerprint density at radius 1 is 1.41 bits per heavy atom. The van der Waals surface area contributed by atoms with E-state index in [1.807, 2.05) is 0 Å². The molecular formula is C11H19N3O3. The van der Waals surface area contributed by atoms with Gasteiger partial charge in [-0.2, -0.15) is 0 Å². The van der Waals surface area contributed by atoms with E-state index in [2.05, 4.69) is 0 Å². The van der Waals surface area contributed by atoms with Crippen LogP contribution in [0.4, 0.5) is 0 Å². The highest BCUT2D eigenvalue weighted by Gasteiger charge is 2.35. The number of amides is 2. The fraction of sp³-hybridized carbons (Fsp3) is 0.818. The van der Waals surface area contributed by atoms with E-state index < -0.39 is 0 Å². The van der Waals surface area contributed by atoms with Crippen LogP contribution in [0.15, 0.2) is 0 Å². The lowest BCUT2D eigenvalue weighted by molar-refractivity contribution is -0.141. The van der Waals surface area contributed by atoms with Crippen molar-refractivity contribution in [2.75, 3.05) is 39.9 Å². The van der Waals surface area contributed by atoms with Crippen molar-refractivity contribution in [1.29, 1.82) is 0 Å². The van der Waals surface area contributed by atoms with Gasteiger partial charge >= 0.3 is 0 Å². The third-order valence-corrected chi connectivity index (χ3v) is 3.43. The highest BCUT2D eigenvalue weighted by atomic mass is 16.5. The van der Waals surface area contributed by atoms with E-state index in [0.29, 0.717) is 26.3 Å². The van der Waals surface area contributed by atoms with Crippen LogP contribution in [0.1, 0.15) is 6.42 Å². The number of hydrogen-bond donors (Lipinski definition) is 1. The number of nitrogens with two attached hydrogens (primary N) is 1. The van der Waals surface area contributed by atoms with Gasteiger partial charge in [0.2, 0.25) is 11.8 Å². The zero-order chi connectivity index (χ0) is 12.4. The Morgan fingerprint density at radius 2 is 2.18 bits per heavy atom. The summed E-state index contributed by atoms with van der Waals surface area (Å²) in [6.45, 7) is 2.30. The molecule has 2 unspecified atom stereocenters. The Hall–Kier alpha value is -1.14. The Balaban J connectivity index is 2.01. The van der Waals surface area contributed by atoms with Crippen molar-refractivity contribution in [2.24, 2.45) is 11.7 Å². The third-order valence-electron chi connectivity index (χ3n) is 3.43. The van der Waals surface area contributed by atoms with E-state index in [9.17, 15) is 9.59 Å². The van der Waals surface area contributed by atoms with Gasteiger partial charge in [-0.25, -0.2) is 0 Å². The van der Waals surface area contributed by atoms with Crippen molar-refractivity contribution in [3.63, 3.8) is 0 Å². The highest BCUT2D eigenvalue weighted by molar-refractivity contribution is 5.86. The van der Waals surface area contributed by atoms with E-state index in [-0.39, 0.29) is 30.3 Å². The minimum absolute atomic E-state index is 0.0108. The molecule has 17 heavy (non-hydrogen) atoms. The molecular weight excluding hydrogens is 222 g/mol.